The van der Waals surface area contributed by atoms with Crippen molar-refractivity contribution in [3.05, 3.63) is 182 Å². The molecule has 0 amide bonds. The fourth-order valence-electron chi connectivity index (χ4n) is 8.83. The fraction of sp³-hybridized carbons (Fsp3) is 0. The van der Waals surface area contributed by atoms with Crippen LogP contribution in [0.3, 0.4) is 0 Å². The van der Waals surface area contributed by atoms with Crippen LogP contribution in [0.1, 0.15) is 0 Å². The van der Waals surface area contributed by atoms with Gasteiger partial charge in [-0.3, -0.25) is 9.55 Å². The molecule has 0 atom stereocenters. The Labute approximate surface area is 315 Å². The van der Waals surface area contributed by atoms with Gasteiger partial charge >= 0.3 is 0 Å². The van der Waals surface area contributed by atoms with Gasteiger partial charge in [-0.2, -0.15) is 0 Å². The number of aromatic nitrogens is 4. The van der Waals surface area contributed by atoms with Gasteiger partial charge in [-0.15, -0.1) is 0 Å². The Bertz CT molecular complexity index is 3470. The highest BCUT2D eigenvalue weighted by atomic mass is 16.3. The Balaban J connectivity index is 1.23. The molecule has 0 aliphatic rings. The maximum absolute atomic E-state index is 6.80. The lowest BCUT2D eigenvalue weighted by molar-refractivity contribution is 0.670. The number of furan rings is 1. The number of rotatable bonds is 4. The summed E-state index contributed by atoms with van der Waals surface area (Å²) in [7, 11) is 0. The van der Waals surface area contributed by atoms with Crippen LogP contribution in [-0.2, 0) is 0 Å². The first-order chi connectivity index (χ1) is 27.3. The lowest BCUT2D eigenvalue weighted by Crippen LogP contribution is -1.99. The molecule has 256 valence electrons. The van der Waals surface area contributed by atoms with Crippen LogP contribution in [0.5, 0.6) is 0 Å². The zero-order chi connectivity index (χ0) is 36.0. The van der Waals surface area contributed by atoms with Crippen LogP contribution in [0.4, 0.5) is 0 Å². The van der Waals surface area contributed by atoms with Gasteiger partial charge in [0.1, 0.15) is 17.0 Å². The molecule has 0 aliphatic carbocycles. The molecule has 12 aromatic rings. The summed E-state index contributed by atoms with van der Waals surface area (Å²) in [6.45, 7) is 0. The van der Waals surface area contributed by atoms with Crippen molar-refractivity contribution in [1.29, 1.82) is 0 Å². The summed E-state index contributed by atoms with van der Waals surface area (Å²) in [5.74, 6) is 0.904. The Hall–Kier alpha value is -7.50. The third-order valence-electron chi connectivity index (χ3n) is 11.1. The van der Waals surface area contributed by atoms with E-state index in [2.05, 4.69) is 161 Å². The number of nitrogens with zero attached hydrogens (tertiary/aromatic N) is 4. The zero-order valence-corrected chi connectivity index (χ0v) is 29.5. The number of fused-ring (bicyclic) bond motifs is 13. The molecule has 4 aromatic heterocycles. The first-order valence-corrected chi connectivity index (χ1v) is 18.6. The summed E-state index contributed by atoms with van der Waals surface area (Å²) in [4.78, 5) is 10.0. The van der Waals surface area contributed by atoms with Gasteiger partial charge in [0, 0.05) is 50.2 Å². The molecule has 5 heteroatoms. The second-order valence-electron chi connectivity index (χ2n) is 14.1. The SMILES string of the molecule is c1ccc(-n2c(-c3ccc(-n4c5c(cc(-c6ccccn6)c6oc7ccccc7c65)c5c6ccccc6c6ccccc6c54)cc3)nc3ccccc32)cc1. The highest BCUT2D eigenvalue weighted by molar-refractivity contribution is 6.36. The average molecular weight is 703 g/mol. The van der Waals surface area contributed by atoms with Crippen LogP contribution in [0.15, 0.2) is 187 Å². The van der Waals surface area contributed by atoms with Crippen molar-refractivity contribution in [2.24, 2.45) is 0 Å². The molecule has 12 rings (SSSR count). The third kappa shape index (κ3) is 4.29. The first-order valence-electron chi connectivity index (χ1n) is 18.6. The van der Waals surface area contributed by atoms with Crippen LogP contribution in [0.2, 0.25) is 0 Å². The molecule has 0 spiro atoms. The minimum absolute atomic E-state index is 0.832. The van der Waals surface area contributed by atoms with E-state index in [4.69, 9.17) is 14.4 Å². The van der Waals surface area contributed by atoms with Crippen LogP contribution < -0.4 is 0 Å². The molecule has 0 radical (unpaired) electrons. The van der Waals surface area contributed by atoms with Crippen molar-refractivity contribution in [3.63, 3.8) is 0 Å². The van der Waals surface area contributed by atoms with Crippen LogP contribution in [-0.4, -0.2) is 19.1 Å². The summed E-state index contributed by atoms with van der Waals surface area (Å²) < 4.78 is 11.5. The number of para-hydroxylation sites is 4. The number of hydrogen-bond acceptors (Lipinski definition) is 3. The van der Waals surface area contributed by atoms with E-state index in [1.807, 2.05) is 30.5 Å². The number of pyridine rings is 1. The first kappa shape index (κ1) is 30.0. The number of imidazole rings is 1. The smallest absolute Gasteiger partial charge is 0.146 e. The van der Waals surface area contributed by atoms with Crippen molar-refractivity contribution in [3.8, 4) is 34.0 Å². The summed E-state index contributed by atoms with van der Waals surface area (Å²) in [6, 6.07) is 62.1. The fourth-order valence-corrected chi connectivity index (χ4v) is 8.83. The predicted octanol–water partition coefficient (Wildman–Crippen LogP) is 13.1. The van der Waals surface area contributed by atoms with Crippen molar-refractivity contribution < 1.29 is 4.42 Å². The molecule has 0 saturated carbocycles. The molecule has 0 bridgehead atoms. The van der Waals surface area contributed by atoms with E-state index in [0.29, 0.717) is 0 Å². The molecule has 8 aromatic carbocycles. The Morgan fingerprint density at radius 1 is 0.455 bits per heavy atom. The van der Waals surface area contributed by atoms with Gasteiger partial charge in [-0.1, -0.05) is 103 Å². The third-order valence-corrected chi connectivity index (χ3v) is 11.1. The van der Waals surface area contributed by atoms with E-state index in [1.165, 1.54) is 32.4 Å². The average Bonchev–Trinajstić information content (AvgIpc) is 3.95. The van der Waals surface area contributed by atoms with Crippen molar-refractivity contribution in [1.82, 2.24) is 19.1 Å². The Morgan fingerprint density at radius 3 is 1.89 bits per heavy atom. The number of hydrogen-bond donors (Lipinski definition) is 0. The van der Waals surface area contributed by atoms with Gasteiger partial charge in [0.25, 0.3) is 0 Å². The van der Waals surface area contributed by atoms with Crippen LogP contribution in [0.25, 0.3) is 110 Å². The summed E-state index contributed by atoms with van der Waals surface area (Å²) in [5.41, 5.74) is 11.0. The summed E-state index contributed by atoms with van der Waals surface area (Å²) >= 11 is 0. The molecule has 0 unspecified atom stereocenters. The minimum atomic E-state index is 0.832. The maximum Gasteiger partial charge on any atom is 0.146 e. The van der Waals surface area contributed by atoms with E-state index >= 15 is 0 Å². The highest BCUT2D eigenvalue weighted by Crippen LogP contribution is 2.48. The standard InChI is InChI=1S/C50H30N4O/c1-2-14-32(15-3-1)53-43-23-10-9-22-42(43)52-50(53)31-25-27-33(28-26-31)54-47-37-19-7-5-17-35(37)34-16-4-6-18-36(34)45(47)40-30-39(41-21-12-13-29-51-41)49-46(48(40)54)38-20-8-11-24-44(38)55-49/h1-30H. The molecule has 5 nitrogen and oxygen atoms in total. The maximum atomic E-state index is 6.80. The quantitative estimate of drug-likeness (QED) is 0.172. The highest BCUT2D eigenvalue weighted by Gasteiger charge is 2.26. The summed E-state index contributed by atoms with van der Waals surface area (Å²) in [5, 5.41) is 9.39. The molecule has 0 saturated heterocycles. The van der Waals surface area contributed by atoms with E-state index in [9.17, 15) is 0 Å². The topological polar surface area (TPSA) is 48.8 Å². The molecular weight excluding hydrogens is 673 g/mol. The second kappa shape index (κ2) is 11.5. The molecular formula is C50H30N4O. The van der Waals surface area contributed by atoms with Gasteiger partial charge in [0.05, 0.1) is 33.1 Å². The predicted molar refractivity (Wildman–Crippen MR) is 226 cm³/mol. The molecule has 55 heavy (non-hydrogen) atoms. The van der Waals surface area contributed by atoms with Crippen LogP contribution in [0, 0.1) is 0 Å². The molecule has 0 fully saturated rings. The second-order valence-corrected chi connectivity index (χ2v) is 14.1. The Morgan fingerprint density at radius 2 is 1.09 bits per heavy atom. The van der Waals surface area contributed by atoms with Gasteiger partial charge in [-0.25, -0.2) is 4.98 Å². The summed E-state index contributed by atoms with van der Waals surface area (Å²) in [6.07, 6.45) is 1.85. The number of benzene rings is 8. The van der Waals surface area contributed by atoms with Gasteiger partial charge in [-0.05, 0) is 89.0 Å². The zero-order valence-electron chi connectivity index (χ0n) is 29.5. The van der Waals surface area contributed by atoms with E-state index in [-0.39, 0.29) is 0 Å². The molecule has 4 heterocycles. The normalized spacial score (nSPS) is 12.0. The van der Waals surface area contributed by atoms with Gasteiger partial charge in [0.15, 0.2) is 0 Å². The van der Waals surface area contributed by atoms with E-state index in [1.54, 1.807) is 0 Å². The van der Waals surface area contributed by atoms with Crippen molar-refractivity contribution in [2.45, 2.75) is 0 Å². The van der Waals surface area contributed by atoms with Crippen LogP contribution >= 0.6 is 0 Å². The van der Waals surface area contributed by atoms with Gasteiger partial charge < -0.3 is 8.98 Å². The monoisotopic (exact) mass is 702 g/mol. The Kier molecular flexibility index (Phi) is 6.27. The lowest BCUT2D eigenvalue weighted by Gasteiger charge is -2.14. The van der Waals surface area contributed by atoms with Gasteiger partial charge in [0.2, 0.25) is 0 Å². The lowest BCUT2D eigenvalue weighted by atomic mass is 9.95. The molecule has 0 N–H and O–H groups in total. The van der Waals surface area contributed by atoms with E-state index < -0.39 is 0 Å². The minimum Gasteiger partial charge on any atom is -0.455 e. The largest absolute Gasteiger partial charge is 0.455 e. The molecule has 0 aliphatic heterocycles. The van der Waals surface area contributed by atoms with Crippen molar-refractivity contribution >= 4 is 76.3 Å². The van der Waals surface area contributed by atoms with Crippen molar-refractivity contribution in [2.75, 3.05) is 0 Å². The van der Waals surface area contributed by atoms with E-state index in [0.717, 1.165) is 77.9 Å².